The molecule has 0 aliphatic rings. The first-order valence-corrected chi connectivity index (χ1v) is 10.3. The second-order valence-electron chi connectivity index (χ2n) is 5.44. The van der Waals surface area contributed by atoms with Gasteiger partial charge in [-0.25, -0.2) is 0 Å². The Balaban J connectivity index is 0. The van der Waals surface area contributed by atoms with E-state index < -0.39 is 7.26 Å². The average Bonchev–Trinajstić information content (AvgIpc) is 2.37. The Kier molecular flexibility index (Phi) is 15.8. The van der Waals surface area contributed by atoms with Crippen LogP contribution in [0.2, 0.25) is 0 Å². The molecule has 0 radical (unpaired) electrons. The van der Waals surface area contributed by atoms with Crippen molar-refractivity contribution < 1.29 is 5.48 Å². The lowest BCUT2D eigenvalue weighted by molar-refractivity contribution is 0.822. The van der Waals surface area contributed by atoms with Crippen molar-refractivity contribution in [1.29, 1.82) is 0 Å². The Hall–Kier alpha value is 0.350. The van der Waals surface area contributed by atoms with E-state index in [-0.39, 0.29) is 5.48 Å². The van der Waals surface area contributed by atoms with E-state index in [1.54, 1.807) is 18.5 Å². The van der Waals surface area contributed by atoms with Gasteiger partial charge in [0.1, 0.15) is 0 Å². The van der Waals surface area contributed by atoms with Crippen LogP contribution in [0.15, 0.2) is 0 Å². The predicted octanol–water partition coefficient (Wildman–Crippen LogP) is 4.58. The van der Waals surface area contributed by atoms with Crippen molar-refractivity contribution >= 4 is 7.26 Å². The fourth-order valence-electron chi connectivity index (χ4n) is 2.58. The molecular weight excluding hydrogens is 241 g/mol. The van der Waals surface area contributed by atoms with Crippen LogP contribution in [0.4, 0.5) is 0 Å². The summed E-state index contributed by atoms with van der Waals surface area (Å²) in [7, 11) is -0.642. The molecule has 0 saturated carbocycles. The van der Waals surface area contributed by atoms with Crippen molar-refractivity contribution in [3.05, 3.63) is 0 Å². The van der Waals surface area contributed by atoms with Crippen molar-refractivity contribution in [2.45, 2.75) is 65.7 Å². The SMILES string of the molecule is CCCC[P+](CCCC)(CCCC)CCCN.[OH-]. The van der Waals surface area contributed by atoms with Crippen molar-refractivity contribution in [1.82, 2.24) is 0 Å². The molecule has 0 aromatic rings. The summed E-state index contributed by atoms with van der Waals surface area (Å²) >= 11 is 0. The highest BCUT2D eigenvalue weighted by atomic mass is 31.2. The van der Waals surface area contributed by atoms with E-state index in [0.717, 1.165) is 6.54 Å². The number of rotatable bonds is 12. The molecular formula is C15H36NOP. The van der Waals surface area contributed by atoms with Crippen LogP contribution in [0.1, 0.15) is 65.7 Å². The van der Waals surface area contributed by atoms with E-state index in [9.17, 15) is 0 Å². The van der Waals surface area contributed by atoms with Gasteiger partial charge in [0, 0.05) is 7.26 Å². The van der Waals surface area contributed by atoms with Crippen LogP contribution in [0, 0.1) is 0 Å². The van der Waals surface area contributed by atoms with Crippen molar-refractivity contribution in [3.63, 3.8) is 0 Å². The molecule has 112 valence electrons. The molecule has 0 aliphatic heterocycles. The number of nitrogens with two attached hydrogens (primary N) is 1. The zero-order chi connectivity index (χ0) is 13.0. The molecule has 0 aliphatic carbocycles. The standard InChI is InChI=1S/C15H35NP.H2O/c1-4-7-12-17(13-8-5-2,14-9-6-3)15-10-11-16;/h4-16H2,1-3H3;1H2/q+1;/p-1. The van der Waals surface area contributed by atoms with Gasteiger partial charge in [-0.05, 0) is 32.2 Å². The molecule has 0 amide bonds. The van der Waals surface area contributed by atoms with E-state index in [4.69, 9.17) is 5.73 Å². The second kappa shape index (κ2) is 13.8. The lowest BCUT2D eigenvalue weighted by Crippen LogP contribution is -2.15. The van der Waals surface area contributed by atoms with Crippen LogP contribution >= 0.6 is 7.26 Å². The molecule has 0 aromatic carbocycles. The third kappa shape index (κ3) is 9.30. The summed E-state index contributed by atoms with van der Waals surface area (Å²) < 4.78 is 0. The number of unbranched alkanes of at least 4 members (excludes halogenated alkanes) is 3. The van der Waals surface area contributed by atoms with Gasteiger partial charge >= 0.3 is 0 Å². The number of hydrogen-bond acceptors (Lipinski definition) is 2. The van der Waals surface area contributed by atoms with E-state index in [1.165, 1.54) is 51.1 Å². The first-order valence-electron chi connectivity index (χ1n) is 7.79. The van der Waals surface area contributed by atoms with Gasteiger partial charge in [0.25, 0.3) is 0 Å². The Bertz CT molecular complexity index is 127. The van der Waals surface area contributed by atoms with Crippen LogP contribution in [0.5, 0.6) is 0 Å². The molecule has 0 aromatic heterocycles. The quantitative estimate of drug-likeness (QED) is 0.531. The summed E-state index contributed by atoms with van der Waals surface area (Å²) in [5.41, 5.74) is 5.74. The van der Waals surface area contributed by atoms with Crippen LogP contribution in [0.3, 0.4) is 0 Å². The number of hydrogen-bond donors (Lipinski definition) is 1. The highest BCUT2D eigenvalue weighted by Gasteiger charge is 2.34. The van der Waals surface area contributed by atoms with Crippen molar-refractivity contribution in [3.8, 4) is 0 Å². The van der Waals surface area contributed by atoms with Crippen LogP contribution < -0.4 is 5.73 Å². The molecule has 3 heteroatoms. The zero-order valence-corrected chi connectivity index (χ0v) is 13.9. The highest BCUT2D eigenvalue weighted by Crippen LogP contribution is 2.61. The zero-order valence-electron chi connectivity index (χ0n) is 13.0. The summed E-state index contributed by atoms with van der Waals surface area (Å²) in [6, 6.07) is 0. The van der Waals surface area contributed by atoms with Gasteiger partial charge in [-0.2, -0.15) is 0 Å². The van der Waals surface area contributed by atoms with Crippen molar-refractivity contribution in [2.24, 2.45) is 5.73 Å². The van der Waals surface area contributed by atoms with Crippen LogP contribution in [0.25, 0.3) is 0 Å². The molecule has 0 unspecified atom stereocenters. The average molecular weight is 277 g/mol. The highest BCUT2D eigenvalue weighted by molar-refractivity contribution is 7.75. The first kappa shape index (κ1) is 20.7. The molecule has 2 nitrogen and oxygen atoms in total. The van der Waals surface area contributed by atoms with Gasteiger partial charge in [-0.1, -0.05) is 40.0 Å². The molecule has 3 N–H and O–H groups in total. The Morgan fingerprint density at radius 3 is 1.28 bits per heavy atom. The summed E-state index contributed by atoms with van der Waals surface area (Å²) in [4.78, 5) is 0. The minimum Gasteiger partial charge on any atom is -0.870 e. The van der Waals surface area contributed by atoms with Crippen LogP contribution in [-0.2, 0) is 0 Å². The predicted molar refractivity (Wildman–Crippen MR) is 86.7 cm³/mol. The van der Waals surface area contributed by atoms with Gasteiger partial charge in [0.2, 0.25) is 0 Å². The fourth-order valence-corrected chi connectivity index (χ4v) is 7.73. The van der Waals surface area contributed by atoms with E-state index in [0.29, 0.717) is 0 Å². The second-order valence-corrected chi connectivity index (χ2v) is 9.91. The molecule has 0 heterocycles. The topological polar surface area (TPSA) is 56.0 Å². The first-order chi connectivity index (χ1) is 8.24. The van der Waals surface area contributed by atoms with Crippen LogP contribution in [-0.4, -0.2) is 36.7 Å². The Morgan fingerprint density at radius 2 is 1.00 bits per heavy atom. The maximum atomic E-state index is 5.74. The van der Waals surface area contributed by atoms with Gasteiger partial charge < -0.3 is 11.2 Å². The molecule has 0 rings (SSSR count). The summed E-state index contributed by atoms with van der Waals surface area (Å²) in [5, 5.41) is 0. The Morgan fingerprint density at radius 1 is 0.667 bits per heavy atom. The molecule has 18 heavy (non-hydrogen) atoms. The molecule has 0 bridgehead atoms. The van der Waals surface area contributed by atoms with Gasteiger partial charge in [0.15, 0.2) is 0 Å². The normalized spacial score (nSPS) is 11.3. The van der Waals surface area contributed by atoms with Gasteiger partial charge in [0.05, 0.1) is 24.6 Å². The molecule has 0 saturated heterocycles. The molecule has 0 atom stereocenters. The lowest BCUT2D eigenvalue weighted by Gasteiger charge is -2.28. The third-order valence-corrected chi connectivity index (χ3v) is 8.85. The molecule has 0 fully saturated rings. The Labute approximate surface area is 116 Å². The minimum atomic E-state index is -0.642. The molecule has 0 spiro atoms. The van der Waals surface area contributed by atoms with Gasteiger partial charge in [-0.3, -0.25) is 0 Å². The van der Waals surface area contributed by atoms with E-state index >= 15 is 0 Å². The van der Waals surface area contributed by atoms with Gasteiger partial charge in [-0.15, -0.1) is 0 Å². The maximum Gasteiger partial charge on any atom is 0.0606 e. The minimum absolute atomic E-state index is 0. The summed E-state index contributed by atoms with van der Waals surface area (Å²) in [5.74, 6) is 0. The maximum absolute atomic E-state index is 5.74. The monoisotopic (exact) mass is 277 g/mol. The summed E-state index contributed by atoms with van der Waals surface area (Å²) in [6.07, 6.45) is 15.8. The van der Waals surface area contributed by atoms with E-state index in [2.05, 4.69) is 20.8 Å². The summed E-state index contributed by atoms with van der Waals surface area (Å²) in [6.45, 7) is 7.89. The van der Waals surface area contributed by atoms with Crippen molar-refractivity contribution in [2.75, 3.05) is 31.2 Å². The van der Waals surface area contributed by atoms with E-state index in [1.807, 2.05) is 0 Å². The lowest BCUT2D eigenvalue weighted by atomic mass is 10.4. The third-order valence-electron chi connectivity index (χ3n) is 3.79. The largest absolute Gasteiger partial charge is 0.870 e. The smallest absolute Gasteiger partial charge is 0.0606 e. The fraction of sp³-hybridized carbons (Fsp3) is 1.00.